The minimum atomic E-state index is -0.675. The van der Waals surface area contributed by atoms with Gasteiger partial charge in [0.15, 0.2) is 0 Å². The zero-order valence-corrected chi connectivity index (χ0v) is 13.2. The molecule has 2 heterocycles. The summed E-state index contributed by atoms with van der Waals surface area (Å²) in [5.74, 6) is 2.75. The molecule has 3 rings (SSSR count). The highest BCUT2D eigenvalue weighted by molar-refractivity contribution is 7.99. The van der Waals surface area contributed by atoms with Gasteiger partial charge in [-0.05, 0) is 50.7 Å². The maximum absolute atomic E-state index is 13.0. The molecule has 2 saturated heterocycles. The molecule has 5 heteroatoms. The first-order valence-corrected chi connectivity index (χ1v) is 9.04. The van der Waals surface area contributed by atoms with Crippen LogP contribution < -0.4 is 5.73 Å². The molecule has 3 aliphatic rings. The summed E-state index contributed by atoms with van der Waals surface area (Å²) in [5, 5.41) is 0. The minimum absolute atomic E-state index is 0.156. The molecule has 0 aromatic rings. The molecule has 1 saturated carbocycles. The molecule has 0 aromatic heterocycles. The molecule has 1 aliphatic carbocycles. The Hall–Kier alpha value is -0.260. The van der Waals surface area contributed by atoms with Crippen molar-refractivity contribution in [2.75, 3.05) is 24.7 Å². The smallest absolute Gasteiger partial charge is 0.243 e. The van der Waals surface area contributed by atoms with Crippen LogP contribution in [0, 0.1) is 5.92 Å². The van der Waals surface area contributed by atoms with Gasteiger partial charge in [-0.25, -0.2) is 0 Å². The third-order valence-electron chi connectivity index (χ3n) is 4.92. The van der Waals surface area contributed by atoms with Gasteiger partial charge in [0.25, 0.3) is 0 Å². The van der Waals surface area contributed by atoms with Gasteiger partial charge in [-0.1, -0.05) is 0 Å². The van der Waals surface area contributed by atoms with Crippen LogP contribution in [-0.4, -0.2) is 53.1 Å². The van der Waals surface area contributed by atoms with Gasteiger partial charge in [0.2, 0.25) is 5.91 Å². The zero-order valence-electron chi connectivity index (χ0n) is 12.3. The summed E-state index contributed by atoms with van der Waals surface area (Å²) in [4.78, 5) is 15.0. The zero-order chi connectivity index (χ0) is 14.2. The highest BCUT2D eigenvalue weighted by Gasteiger charge is 2.47. The number of carbonyl (C=O) groups excluding carboxylic acids is 1. The van der Waals surface area contributed by atoms with E-state index < -0.39 is 5.54 Å². The number of ether oxygens (including phenoxy) is 1. The minimum Gasteiger partial charge on any atom is -0.376 e. The highest BCUT2D eigenvalue weighted by Crippen LogP contribution is 2.40. The van der Waals surface area contributed by atoms with Crippen LogP contribution in [0.25, 0.3) is 0 Å². The normalized spacial score (nSPS) is 33.1. The van der Waals surface area contributed by atoms with E-state index in [2.05, 4.69) is 4.90 Å². The third-order valence-corrected chi connectivity index (χ3v) is 6.06. The summed E-state index contributed by atoms with van der Waals surface area (Å²) in [6.07, 6.45) is 5.73. The third kappa shape index (κ3) is 3.00. The fourth-order valence-corrected chi connectivity index (χ4v) is 4.56. The molecule has 0 spiro atoms. The standard InChI is InChI=1S/C15H26N2O2S/c1-15(16,11-4-5-11)14(18)17(12-6-8-20-10-12)9-13-3-2-7-19-13/h11-13H,2-10,16H2,1H3. The van der Waals surface area contributed by atoms with Crippen molar-refractivity contribution in [2.45, 2.75) is 56.7 Å². The van der Waals surface area contributed by atoms with Crippen molar-refractivity contribution in [3.63, 3.8) is 0 Å². The molecule has 0 aromatic carbocycles. The second-order valence-electron chi connectivity index (χ2n) is 6.67. The molecule has 0 radical (unpaired) electrons. The van der Waals surface area contributed by atoms with E-state index in [-0.39, 0.29) is 12.0 Å². The van der Waals surface area contributed by atoms with Crippen LogP contribution in [0.2, 0.25) is 0 Å². The number of carbonyl (C=O) groups is 1. The Morgan fingerprint density at radius 3 is 2.75 bits per heavy atom. The number of nitrogens with zero attached hydrogens (tertiary/aromatic N) is 1. The van der Waals surface area contributed by atoms with Crippen LogP contribution in [0.1, 0.15) is 39.0 Å². The van der Waals surface area contributed by atoms with Crippen LogP contribution in [0.15, 0.2) is 0 Å². The topological polar surface area (TPSA) is 55.6 Å². The Labute approximate surface area is 125 Å². The molecule has 1 amide bonds. The van der Waals surface area contributed by atoms with E-state index in [9.17, 15) is 4.79 Å². The second kappa shape index (κ2) is 5.85. The van der Waals surface area contributed by atoms with Crippen molar-refractivity contribution in [1.29, 1.82) is 0 Å². The summed E-state index contributed by atoms with van der Waals surface area (Å²) in [6.45, 7) is 3.51. The van der Waals surface area contributed by atoms with Gasteiger partial charge < -0.3 is 15.4 Å². The maximum Gasteiger partial charge on any atom is 0.243 e. The summed E-state index contributed by atoms with van der Waals surface area (Å²) in [5.41, 5.74) is 5.69. The van der Waals surface area contributed by atoms with Crippen LogP contribution in [-0.2, 0) is 9.53 Å². The molecular weight excluding hydrogens is 272 g/mol. The Morgan fingerprint density at radius 2 is 2.20 bits per heavy atom. The molecular formula is C15H26N2O2S. The summed E-state index contributed by atoms with van der Waals surface area (Å²) in [6, 6.07) is 0.360. The number of hydrogen-bond acceptors (Lipinski definition) is 4. The SMILES string of the molecule is CC(N)(C(=O)N(CC1CCCO1)C1CCSC1)C1CC1. The maximum atomic E-state index is 13.0. The van der Waals surface area contributed by atoms with E-state index in [1.807, 2.05) is 18.7 Å². The van der Waals surface area contributed by atoms with Crippen LogP contribution >= 0.6 is 11.8 Å². The molecule has 0 bridgehead atoms. The van der Waals surface area contributed by atoms with Gasteiger partial charge in [0.1, 0.15) is 0 Å². The number of hydrogen-bond donors (Lipinski definition) is 1. The second-order valence-corrected chi connectivity index (χ2v) is 7.82. The van der Waals surface area contributed by atoms with Gasteiger partial charge in [0, 0.05) is 24.9 Å². The Balaban J connectivity index is 1.71. The van der Waals surface area contributed by atoms with Gasteiger partial charge in [0.05, 0.1) is 11.6 Å². The molecule has 3 fully saturated rings. The average molecular weight is 298 g/mol. The van der Waals surface area contributed by atoms with Crippen LogP contribution in [0.5, 0.6) is 0 Å². The van der Waals surface area contributed by atoms with Crippen LogP contribution in [0.3, 0.4) is 0 Å². The summed E-state index contributed by atoms with van der Waals surface area (Å²) >= 11 is 1.94. The Bertz CT molecular complexity index is 359. The fraction of sp³-hybridized carbons (Fsp3) is 0.933. The Kier molecular flexibility index (Phi) is 4.29. The highest BCUT2D eigenvalue weighted by atomic mass is 32.2. The largest absolute Gasteiger partial charge is 0.376 e. The molecule has 114 valence electrons. The lowest BCUT2D eigenvalue weighted by atomic mass is 9.94. The van der Waals surface area contributed by atoms with Crippen molar-refractivity contribution in [3.05, 3.63) is 0 Å². The van der Waals surface area contributed by atoms with Crippen molar-refractivity contribution < 1.29 is 9.53 Å². The fourth-order valence-electron chi connectivity index (χ4n) is 3.34. The molecule has 3 atom stereocenters. The van der Waals surface area contributed by atoms with Gasteiger partial charge in [-0.15, -0.1) is 0 Å². The summed E-state index contributed by atoms with van der Waals surface area (Å²) < 4.78 is 5.74. The average Bonchev–Trinajstić information content (AvgIpc) is 2.94. The lowest BCUT2D eigenvalue weighted by Crippen LogP contribution is -2.58. The number of thioether (sulfide) groups is 1. The first-order valence-electron chi connectivity index (χ1n) is 7.88. The van der Waals surface area contributed by atoms with Crippen molar-refractivity contribution in [1.82, 2.24) is 4.90 Å². The van der Waals surface area contributed by atoms with Crippen molar-refractivity contribution in [2.24, 2.45) is 11.7 Å². The van der Waals surface area contributed by atoms with Gasteiger partial charge in [-0.3, -0.25) is 4.79 Å². The quantitative estimate of drug-likeness (QED) is 0.838. The van der Waals surface area contributed by atoms with E-state index in [1.165, 1.54) is 0 Å². The summed E-state index contributed by atoms with van der Waals surface area (Å²) in [7, 11) is 0. The number of nitrogens with two attached hydrogens (primary N) is 1. The van der Waals surface area contributed by atoms with E-state index in [4.69, 9.17) is 10.5 Å². The number of amides is 1. The first-order chi connectivity index (χ1) is 9.59. The molecule has 20 heavy (non-hydrogen) atoms. The van der Waals surface area contributed by atoms with Crippen molar-refractivity contribution in [3.8, 4) is 0 Å². The van der Waals surface area contributed by atoms with E-state index in [0.717, 1.165) is 56.8 Å². The van der Waals surface area contributed by atoms with Crippen LogP contribution in [0.4, 0.5) is 0 Å². The van der Waals surface area contributed by atoms with E-state index >= 15 is 0 Å². The van der Waals surface area contributed by atoms with Gasteiger partial charge in [-0.2, -0.15) is 11.8 Å². The van der Waals surface area contributed by atoms with Gasteiger partial charge >= 0.3 is 0 Å². The predicted molar refractivity (Wildman–Crippen MR) is 81.7 cm³/mol. The van der Waals surface area contributed by atoms with E-state index in [0.29, 0.717) is 12.0 Å². The molecule has 4 nitrogen and oxygen atoms in total. The molecule has 2 N–H and O–H groups in total. The molecule has 2 aliphatic heterocycles. The van der Waals surface area contributed by atoms with E-state index in [1.54, 1.807) is 0 Å². The lowest BCUT2D eigenvalue weighted by Gasteiger charge is -2.37. The Morgan fingerprint density at radius 1 is 1.40 bits per heavy atom. The monoisotopic (exact) mass is 298 g/mol. The molecule has 3 unspecified atom stereocenters. The number of rotatable bonds is 5. The lowest BCUT2D eigenvalue weighted by molar-refractivity contribution is -0.141. The predicted octanol–water partition coefficient (Wildman–Crippen LogP) is 1.63. The first kappa shape index (κ1) is 14.7. The van der Waals surface area contributed by atoms with Crippen molar-refractivity contribution >= 4 is 17.7 Å².